The predicted octanol–water partition coefficient (Wildman–Crippen LogP) is 2.21. The second kappa shape index (κ2) is 4.44. The number of carbonyl (C=O) groups is 1. The number of carboxylic acid groups (broad SMARTS) is 1. The van der Waals surface area contributed by atoms with E-state index in [-0.39, 0.29) is 11.0 Å². The Bertz CT molecular complexity index is 733. The number of aryl methyl sites for hydroxylation is 2. The Morgan fingerprint density at radius 2 is 2.14 bits per heavy atom. The normalized spacial score (nSPS) is 17.6. The Kier molecular flexibility index (Phi) is 2.93. The van der Waals surface area contributed by atoms with Crippen LogP contribution in [0.1, 0.15) is 36.3 Å². The fourth-order valence-electron chi connectivity index (χ4n) is 3.18. The Balaban J connectivity index is 2.27. The van der Waals surface area contributed by atoms with Crippen LogP contribution in [0, 0.1) is 12.3 Å². The average Bonchev–Trinajstić information content (AvgIpc) is 2.89. The zero-order valence-electron chi connectivity index (χ0n) is 12.8. The van der Waals surface area contributed by atoms with Crippen molar-refractivity contribution in [1.82, 2.24) is 14.8 Å². The van der Waals surface area contributed by atoms with Gasteiger partial charge in [-0.2, -0.15) is 5.10 Å². The van der Waals surface area contributed by atoms with Crippen LogP contribution >= 0.6 is 0 Å². The smallest absolute Gasteiger partial charge is 0.339 e. The van der Waals surface area contributed by atoms with Gasteiger partial charge in [-0.1, -0.05) is 13.8 Å². The van der Waals surface area contributed by atoms with Gasteiger partial charge in [-0.15, -0.1) is 0 Å². The molecule has 1 saturated heterocycles. The lowest BCUT2D eigenvalue weighted by atomic mass is 9.93. The second-order valence-electron chi connectivity index (χ2n) is 6.57. The molecule has 0 spiro atoms. The van der Waals surface area contributed by atoms with Crippen LogP contribution < -0.4 is 4.90 Å². The monoisotopic (exact) mass is 288 g/mol. The fraction of sp³-hybridized carbons (Fsp3) is 0.533. The number of hydrogen-bond donors (Lipinski definition) is 1. The first-order chi connectivity index (χ1) is 9.80. The van der Waals surface area contributed by atoms with E-state index in [4.69, 9.17) is 0 Å². The number of aromatic nitrogens is 3. The quantitative estimate of drug-likeness (QED) is 0.917. The second-order valence-corrected chi connectivity index (χ2v) is 6.57. The number of pyridine rings is 1. The molecule has 112 valence electrons. The zero-order valence-corrected chi connectivity index (χ0v) is 12.8. The molecule has 3 rings (SSSR count). The molecule has 1 N–H and O–H groups in total. The predicted molar refractivity (Wildman–Crippen MR) is 80.8 cm³/mol. The summed E-state index contributed by atoms with van der Waals surface area (Å²) in [7, 11) is 1.83. The Morgan fingerprint density at radius 3 is 2.71 bits per heavy atom. The van der Waals surface area contributed by atoms with E-state index < -0.39 is 5.97 Å². The van der Waals surface area contributed by atoms with Crippen LogP contribution in [-0.4, -0.2) is 38.9 Å². The molecule has 2 aromatic rings. The molecule has 21 heavy (non-hydrogen) atoms. The van der Waals surface area contributed by atoms with E-state index >= 15 is 0 Å². The first-order valence-electron chi connectivity index (χ1n) is 7.11. The maximum atomic E-state index is 11.6. The van der Waals surface area contributed by atoms with Crippen molar-refractivity contribution in [1.29, 1.82) is 0 Å². The van der Waals surface area contributed by atoms with Crippen molar-refractivity contribution in [3.8, 4) is 0 Å². The minimum Gasteiger partial charge on any atom is -0.478 e. The molecule has 6 heteroatoms. The molecule has 0 atom stereocenters. The first kappa shape index (κ1) is 13.9. The van der Waals surface area contributed by atoms with Gasteiger partial charge in [0.15, 0.2) is 5.65 Å². The third-order valence-electron chi connectivity index (χ3n) is 4.22. The largest absolute Gasteiger partial charge is 0.478 e. The van der Waals surface area contributed by atoms with Gasteiger partial charge in [-0.05, 0) is 18.8 Å². The molecule has 0 unspecified atom stereocenters. The standard InChI is InChI=1S/C15H20N4O2/c1-9-11-12(19-6-5-15(2,3)8-19)10(14(20)21)7-16-13(11)18(4)17-9/h7H,5-6,8H2,1-4H3,(H,20,21). The summed E-state index contributed by atoms with van der Waals surface area (Å²) < 4.78 is 1.71. The molecule has 0 aromatic carbocycles. The third kappa shape index (κ3) is 2.14. The van der Waals surface area contributed by atoms with E-state index in [1.54, 1.807) is 4.68 Å². The molecule has 3 heterocycles. The summed E-state index contributed by atoms with van der Waals surface area (Å²) >= 11 is 0. The Labute approximate surface area is 123 Å². The lowest BCUT2D eigenvalue weighted by molar-refractivity contribution is 0.0697. The van der Waals surface area contributed by atoms with Gasteiger partial charge in [0.25, 0.3) is 0 Å². The average molecular weight is 288 g/mol. The maximum Gasteiger partial charge on any atom is 0.339 e. The number of fused-ring (bicyclic) bond motifs is 1. The number of aromatic carboxylic acids is 1. The molecule has 0 saturated carbocycles. The molecule has 0 radical (unpaired) electrons. The Morgan fingerprint density at radius 1 is 1.43 bits per heavy atom. The summed E-state index contributed by atoms with van der Waals surface area (Å²) in [4.78, 5) is 18.1. The van der Waals surface area contributed by atoms with E-state index in [0.717, 1.165) is 41.9 Å². The number of nitrogens with zero attached hydrogens (tertiary/aromatic N) is 4. The van der Waals surface area contributed by atoms with Gasteiger partial charge in [0.2, 0.25) is 0 Å². The lowest BCUT2D eigenvalue weighted by Crippen LogP contribution is -2.25. The molecule has 0 aliphatic carbocycles. The molecular formula is C15H20N4O2. The zero-order chi connectivity index (χ0) is 15.4. The van der Waals surface area contributed by atoms with E-state index in [1.807, 2.05) is 14.0 Å². The van der Waals surface area contributed by atoms with Gasteiger partial charge < -0.3 is 10.0 Å². The van der Waals surface area contributed by atoms with Crippen molar-refractivity contribution in [3.63, 3.8) is 0 Å². The van der Waals surface area contributed by atoms with Gasteiger partial charge in [-0.25, -0.2) is 9.78 Å². The van der Waals surface area contributed by atoms with Crippen molar-refractivity contribution in [3.05, 3.63) is 17.5 Å². The minimum absolute atomic E-state index is 0.196. The summed E-state index contributed by atoms with van der Waals surface area (Å²) in [5.41, 5.74) is 2.78. The van der Waals surface area contributed by atoms with Gasteiger partial charge in [0, 0.05) is 26.3 Å². The molecule has 1 aliphatic heterocycles. The molecule has 1 aliphatic rings. The van der Waals surface area contributed by atoms with Crippen LogP contribution in [0.4, 0.5) is 5.69 Å². The highest BCUT2D eigenvalue weighted by Crippen LogP contribution is 2.38. The van der Waals surface area contributed by atoms with Crippen molar-refractivity contribution in [2.45, 2.75) is 27.2 Å². The van der Waals surface area contributed by atoms with Crippen molar-refractivity contribution < 1.29 is 9.90 Å². The van der Waals surface area contributed by atoms with Crippen molar-refractivity contribution >= 4 is 22.7 Å². The summed E-state index contributed by atoms with van der Waals surface area (Å²) in [5.74, 6) is -0.938. The van der Waals surface area contributed by atoms with Crippen molar-refractivity contribution in [2.75, 3.05) is 18.0 Å². The van der Waals surface area contributed by atoms with Gasteiger partial charge in [0.1, 0.15) is 5.56 Å². The van der Waals surface area contributed by atoms with E-state index in [9.17, 15) is 9.90 Å². The fourth-order valence-corrected chi connectivity index (χ4v) is 3.18. The van der Waals surface area contributed by atoms with E-state index in [0.29, 0.717) is 0 Å². The molecule has 2 aromatic heterocycles. The SMILES string of the molecule is Cc1nn(C)c2ncc(C(=O)O)c(N3CCC(C)(C)C3)c12. The maximum absolute atomic E-state index is 11.6. The highest BCUT2D eigenvalue weighted by molar-refractivity contribution is 6.04. The lowest BCUT2D eigenvalue weighted by Gasteiger charge is -2.24. The highest BCUT2D eigenvalue weighted by Gasteiger charge is 2.33. The van der Waals surface area contributed by atoms with Gasteiger partial charge in [0.05, 0.1) is 16.8 Å². The molecule has 0 bridgehead atoms. The summed E-state index contributed by atoms with van der Waals surface area (Å²) in [6.45, 7) is 8.03. The Hall–Kier alpha value is -2.11. The summed E-state index contributed by atoms with van der Waals surface area (Å²) in [6.07, 6.45) is 2.50. The summed E-state index contributed by atoms with van der Waals surface area (Å²) in [5, 5.41) is 14.8. The van der Waals surface area contributed by atoms with Crippen LogP contribution in [0.5, 0.6) is 0 Å². The number of anilines is 1. The topological polar surface area (TPSA) is 71.2 Å². The van der Waals surface area contributed by atoms with Crippen LogP contribution in [0.3, 0.4) is 0 Å². The summed E-state index contributed by atoms with van der Waals surface area (Å²) in [6, 6.07) is 0. The van der Waals surface area contributed by atoms with Crippen LogP contribution in [-0.2, 0) is 7.05 Å². The first-order valence-corrected chi connectivity index (χ1v) is 7.11. The number of hydrogen-bond acceptors (Lipinski definition) is 4. The molecular weight excluding hydrogens is 268 g/mol. The van der Waals surface area contributed by atoms with Gasteiger partial charge in [-0.3, -0.25) is 4.68 Å². The van der Waals surface area contributed by atoms with Crippen LogP contribution in [0.2, 0.25) is 0 Å². The van der Waals surface area contributed by atoms with E-state index in [2.05, 4.69) is 28.8 Å². The molecule has 0 amide bonds. The van der Waals surface area contributed by atoms with Crippen molar-refractivity contribution in [2.24, 2.45) is 12.5 Å². The van der Waals surface area contributed by atoms with Crippen LogP contribution in [0.15, 0.2) is 6.20 Å². The highest BCUT2D eigenvalue weighted by atomic mass is 16.4. The molecule has 1 fully saturated rings. The number of rotatable bonds is 2. The van der Waals surface area contributed by atoms with E-state index in [1.165, 1.54) is 6.20 Å². The number of carboxylic acids is 1. The molecule has 6 nitrogen and oxygen atoms in total. The third-order valence-corrected chi connectivity index (χ3v) is 4.22. The van der Waals surface area contributed by atoms with Gasteiger partial charge >= 0.3 is 5.97 Å². The van der Waals surface area contributed by atoms with Crippen LogP contribution in [0.25, 0.3) is 11.0 Å². The minimum atomic E-state index is -0.938.